The average Bonchev–Trinajstić information content (AvgIpc) is 2.83. The lowest BCUT2D eigenvalue weighted by atomic mass is 10.2. The molecule has 4 aromatic rings. The molecule has 1 aromatic heterocycles. The summed E-state index contributed by atoms with van der Waals surface area (Å²) >= 11 is 1.25. The Morgan fingerprint density at radius 3 is 2.59 bits per heavy atom. The SMILES string of the molecule is COc1cccc(-n2c(SC(C)C(=O)NCc3ccccc3)nc3ccccc3c2=O)c1. The van der Waals surface area contributed by atoms with Gasteiger partial charge in [0.05, 0.1) is 29.0 Å². The fourth-order valence-electron chi connectivity index (χ4n) is 3.31. The number of hydrogen-bond acceptors (Lipinski definition) is 5. The van der Waals surface area contributed by atoms with Gasteiger partial charge in [-0.25, -0.2) is 4.98 Å². The predicted octanol–water partition coefficient (Wildman–Crippen LogP) is 4.19. The fourth-order valence-corrected chi connectivity index (χ4v) is 4.26. The highest BCUT2D eigenvalue weighted by Crippen LogP contribution is 2.26. The highest BCUT2D eigenvalue weighted by molar-refractivity contribution is 8.00. The van der Waals surface area contributed by atoms with Crippen LogP contribution in [0.5, 0.6) is 5.75 Å². The number of hydrogen-bond donors (Lipinski definition) is 1. The third-order valence-corrected chi connectivity index (χ3v) is 6.07. The summed E-state index contributed by atoms with van der Waals surface area (Å²) in [5.41, 5.74) is 2.06. The molecule has 1 unspecified atom stereocenters. The second kappa shape index (κ2) is 9.70. The summed E-state index contributed by atoms with van der Waals surface area (Å²) in [6, 6.07) is 24.2. The highest BCUT2D eigenvalue weighted by atomic mass is 32.2. The van der Waals surface area contributed by atoms with Gasteiger partial charge in [0.1, 0.15) is 5.75 Å². The minimum absolute atomic E-state index is 0.126. The molecule has 7 heteroatoms. The van der Waals surface area contributed by atoms with E-state index in [1.807, 2.05) is 67.6 Å². The Bertz CT molecular complexity index is 1300. The molecule has 0 spiro atoms. The first-order valence-corrected chi connectivity index (χ1v) is 11.1. The van der Waals surface area contributed by atoms with Crippen LogP contribution in [0.15, 0.2) is 88.8 Å². The van der Waals surface area contributed by atoms with Gasteiger partial charge in [0, 0.05) is 12.6 Å². The third kappa shape index (κ3) is 4.68. The number of nitrogens with zero attached hydrogens (tertiary/aromatic N) is 2. The van der Waals surface area contributed by atoms with Gasteiger partial charge in [-0.1, -0.05) is 60.3 Å². The topological polar surface area (TPSA) is 73.2 Å². The molecule has 1 atom stereocenters. The van der Waals surface area contributed by atoms with Crippen LogP contribution in [0.2, 0.25) is 0 Å². The number of benzene rings is 3. The molecular weight excluding hydrogens is 422 g/mol. The normalized spacial score (nSPS) is 11.8. The fraction of sp³-hybridized carbons (Fsp3) is 0.160. The van der Waals surface area contributed by atoms with Crippen LogP contribution in [0.4, 0.5) is 0 Å². The van der Waals surface area contributed by atoms with Crippen molar-refractivity contribution in [3.8, 4) is 11.4 Å². The number of carbonyl (C=O) groups excluding carboxylic acids is 1. The highest BCUT2D eigenvalue weighted by Gasteiger charge is 2.20. The van der Waals surface area contributed by atoms with Crippen LogP contribution in [0.25, 0.3) is 16.6 Å². The second-order valence-corrected chi connectivity index (χ2v) is 8.53. The number of methoxy groups -OCH3 is 1. The standard InChI is InChI=1S/C25H23N3O3S/c1-17(23(29)26-16-18-9-4-3-5-10-18)32-25-27-22-14-7-6-13-21(22)24(30)28(25)19-11-8-12-20(15-19)31-2/h3-15,17H,16H2,1-2H3,(H,26,29). The third-order valence-electron chi connectivity index (χ3n) is 5.02. The Balaban J connectivity index is 1.67. The molecule has 0 radical (unpaired) electrons. The lowest BCUT2D eigenvalue weighted by Crippen LogP contribution is -2.31. The van der Waals surface area contributed by atoms with Crippen molar-refractivity contribution in [2.75, 3.05) is 7.11 Å². The van der Waals surface area contributed by atoms with Gasteiger partial charge in [-0.3, -0.25) is 14.2 Å². The van der Waals surface area contributed by atoms with E-state index in [2.05, 4.69) is 5.32 Å². The van der Waals surface area contributed by atoms with E-state index in [-0.39, 0.29) is 11.5 Å². The Kier molecular flexibility index (Phi) is 6.56. The monoisotopic (exact) mass is 445 g/mol. The molecule has 1 amide bonds. The van der Waals surface area contributed by atoms with Crippen molar-refractivity contribution in [3.05, 3.63) is 94.8 Å². The van der Waals surface area contributed by atoms with E-state index in [4.69, 9.17) is 9.72 Å². The van der Waals surface area contributed by atoms with Gasteiger partial charge >= 0.3 is 0 Å². The molecule has 162 valence electrons. The number of ether oxygens (including phenoxy) is 1. The minimum Gasteiger partial charge on any atom is -0.497 e. The summed E-state index contributed by atoms with van der Waals surface area (Å²) in [7, 11) is 1.58. The Morgan fingerprint density at radius 1 is 1.06 bits per heavy atom. The number of nitrogens with one attached hydrogen (secondary N) is 1. The van der Waals surface area contributed by atoms with Crippen molar-refractivity contribution >= 4 is 28.6 Å². The maximum Gasteiger partial charge on any atom is 0.266 e. The summed E-state index contributed by atoms with van der Waals surface area (Å²) in [5.74, 6) is 0.505. The maximum absolute atomic E-state index is 13.4. The molecule has 0 aliphatic carbocycles. The lowest BCUT2D eigenvalue weighted by molar-refractivity contribution is -0.120. The zero-order valence-corrected chi connectivity index (χ0v) is 18.6. The number of aromatic nitrogens is 2. The van der Waals surface area contributed by atoms with Crippen molar-refractivity contribution < 1.29 is 9.53 Å². The van der Waals surface area contributed by atoms with Crippen molar-refractivity contribution in [1.29, 1.82) is 0 Å². The number of rotatable bonds is 7. The van der Waals surface area contributed by atoms with Gasteiger partial charge in [0.25, 0.3) is 5.56 Å². The maximum atomic E-state index is 13.4. The minimum atomic E-state index is -0.455. The first-order chi connectivity index (χ1) is 15.6. The van der Waals surface area contributed by atoms with Gasteiger partial charge in [-0.15, -0.1) is 0 Å². The average molecular weight is 446 g/mol. The van der Waals surface area contributed by atoms with E-state index >= 15 is 0 Å². The molecule has 1 N–H and O–H groups in total. The summed E-state index contributed by atoms with van der Waals surface area (Å²) in [6.45, 7) is 2.25. The van der Waals surface area contributed by atoms with Crippen LogP contribution in [-0.2, 0) is 11.3 Å². The van der Waals surface area contributed by atoms with E-state index in [0.717, 1.165) is 5.56 Å². The molecule has 6 nitrogen and oxygen atoms in total. The van der Waals surface area contributed by atoms with Crippen LogP contribution >= 0.6 is 11.8 Å². The van der Waals surface area contributed by atoms with Crippen LogP contribution in [0.1, 0.15) is 12.5 Å². The Morgan fingerprint density at radius 2 is 1.81 bits per heavy atom. The molecule has 0 fully saturated rings. The van der Waals surface area contributed by atoms with E-state index in [1.54, 1.807) is 25.3 Å². The molecule has 1 heterocycles. The van der Waals surface area contributed by atoms with E-state index in [1.165, 1.54) is 16.3 Å². The largest absolute Gasteiger partial charge is 0.497 e. The predicted molar refractivity (Wildman–Crippen MR) is 127 cm³/mol. The molecule has 32 heavy (non-hydrogen) atoms. The number of para-hydroxylation sites is 1. The van der Waals surface area contributed by atoms with E-state index < -0.39 is 5.25 Å². The number of carbonyl (C=O) groups is 1. The zero-order valence-electron chi connectivity index (χ0n) is 17.8. The number of amides is 1. The van der Waals surface area contributed by atoms with Crippen molar-refractivity contribution in [2.45, 2.75) is 23.9 Å². The first kappa shape index (κ1) is 21.6. The van der Waals surface area contributed by atoms with Crippen LogP contribution in [-0.4, -0.2) is 27.8 Å². The molecule has 0 aliphatic rings. The molecule has 4 rings (SSSR count). The van der Waals surface area contributed by atoms with Gasteiger partial charge in [-0.2, -0.15) is 0 Å². The quantitative estimate of drug-likeness (QED) is 0.341. The van der Waals surface area contributed by atoms with Crippen LogP contribution in [0, 0.1) is 0 Å². The molecule has 0 saturated carbocycles. The smallest absolute Gasteiger partial charge is 0.266 e. The van der Waals surface area contributed by atoms with Crippen LogP contribution < -0.4 is 15.6 Å². The molecule has 0 saturated heterocycles. The Hall–Kier alpha value is -3.58. The van der Waals surface area contributed by atoms with Gasteiger partial charge in [0.15, 0.2) is 5.16 Å². The first-order valence-electron chi connectivity index (χ1n) is 10.2. The number of thioether (sulfide) groups is 1. The second-order valence-electron chi connectivity index (χ2n) is 7.22. The zero-order chi connectivity index (χ0) is 22.5. The Labute approximate surface area is 190 Å². The summed E-state index contributed by atoms with van der Waals surface area (Å²) < 4.78 is 6.87. The van der Waals surface area contributed by atoms with E-state index in [9.17, 15) is 9.59 Å². The summed E-state index contributed by atoms with van der Waals surface area (Å²) in [4.78, 5) is 30.8. The molecular formula is C25H23N3O3S. The summed E-state index contributed by atoms with van der Waals surface area (Å²) in [5, 5.41) is 3.46. The molecule has 0 aliphatic heterocycles. The molecule has 0 bridgehead atoms. The van der Waals surface area contributed by atoms with Gasteiger partial charge < -0.3 is 10.1 Å². The van der Waals surface area contributed by atoms with E-state index in [0.29, 0.717) is 34.0 Å². The van der Waals surface area contributed by atoms with Crippen molar-refractivity contribution in [3.63, 3.8) is 0 Å². The van der Waals surface area contributed by atoms with Crippen LogP contribution in [0.3, 0.4) is 0 Å². The van der Waals surface area contributed by atoms with Gasteiger partial charge in [0.2, 0.25) is 5.91 Å². The summed E-state index contributed by atoms with van der Waals surface area (Å²) in [6.07, 6.45) is 0. The van der Waals surface area contributed by atoms with Crippen molar-refractivity contribution in [2.24, 2.45) is 0 Å². The number of fused-ring (bicyclic) bond motifs is 1. The lowest BCUT2D eigenvalue weighted by Gasteiger charge is -2.17. The molecule has 3 aromatic carbocycles. The van der Waals surface area contributed by atoms with Crippen molar-refractivity contribution in [1.82, 2.24) is 14.9 Å². The van der Waals surface area contributed by atoms with Gasteiger partial charge in [-0.05, 0) is 36.8 Å².